The van der Waals surface area contributed by atoms with Gasteiger partial charge in [0.15, 0.2) is 0 Å². The number of hydrogen-bond acceptors (Lipinski definition) is 3. The molecule has 0 unspecified atom stereocenters. The first-order valence-corrected chi connectivity index (χ1v) is 6.73. The third-order valence-corrected chi connectivity index (χ3v) is 3.72. The van der Waals surface area contributed by atoms with E-state index in [2.05, 4.69) is 9.71 Å². The molecule has 7 heteroatoms. The summed E-state index contributed by atoms with van der Waals surface area (Å²) in [6.45, 7) is 0. The van der Waals surface area contributed by atoms with E-state index >= 15 is 0 Å². The molecular weight excluding hydrogens is 279 g/mol. The maximum Gasteiger partial charge on any atom is 0.261 e. The maximum absolute atomic E-state index is 12.7. The van der Waals surface area contributed by atoms with Crippen LogP contribution in [0.5, 0.6) is 0 Å². The van der Waals surface area contributed by atoms with Crippen LogP contribution in [0.4, 0.5) is 10.1 Å². The number of aromatic nitrogens is 1. The number of sulfonamides is 1. The molecule has 0 fully saturated rings. The minimum absolute atomic E-state index is 0.0288. The predicted molar refractivity (Wildman–Crippen MR) is 66.5 cm³/mol. The second-order valence-electron chi connectivity index (χ2n) is 3.43. The van der Waals surface area contributed by atoms with Crippen molar-refractivity contribution >= 4 is 27.3 Å². The molecule has 0 radical (unpaired) electrons. The molecule has 0 aliphatic rings. The largest absolute Gasteiger partial charge is 0.278 e. The average Bonchev–Trinajstić information content (AvgIpc) is 2.32. The smallest absolute Gasteiger partial charge is 0.261 e. The van der Waals surface area contributed by atoms with Gasteiger partial charge in [0.25, 0.3) is 10.0 Å². The van der Waals surface area contributed by atoms with Crippen LogP contribution in [0.15, 0.2) is 47.5 Å². The zero-order chi connectivity index (χ0) is 13.2. The number of hydrogen-bond donors (Lipinski definition) is 1. The van der Waals surface area contributed by atoms with Gasteiger partial charge in [-0.2, -0.15) is 0 Å². The highest BCUT2D eigenvalue weighted by Gasteiger charge is 2.14. The first kappa shape index (κ1) is 12.8. The van der Waals surface area contributed by atoms with Crippen LogP contribution >= 0.6 is 11.6 Å². The number of halogens is 2. The second-order valence-corrected chi connectivity index (χ2v) is 5.50. The molecule has 0 aliphatic carbocycles. The van der Waals surface area contributed by atoms with E-state index in [1.807, 2.05) is 0 Å². The molecule has 2 aromatic rings. The van der Waals surface area contributed by atoms with Crippen LogP contribution in [0.3, 0.4) is 0 Å². The highest BCUT2D eigenvalue weighted by atomic mass is 35.5. The number of anilines is 1. The fourth-order valence-corrected chi connectivity index (χ4v) is 2.42. The van der Waals surface area contributed by atoms with Gasteiger partial charge in [-0.05, 0) is 36.4 Å². The van der Waals surface area contributed by atoms with E-state index in [-0.39, 0.29) is 15.7 Å². The standard InChI is InChI=1S/C11H8ClFN2O2S/c12-11-6-3-9(7-14-11)15-18(16,17)10-4-1-8(13)2-5-10/h1-7,15H. The van der Waals surface area contributed by atoms with Gasteiger partial charge in [0.05, 0.1) is 16.8 Å². The lowest BCUT2D eigenvalue weighted by Crippen LogP contribution is -2.13. The Morgan fingerprint density at radius 1 is 1.11 bits per heavy atom. The van der Waals surface area contributed by atoms with Gasteiger partial charge in [-0.15, -0.1) is 0 Å². The van der Waals surface area contributed by atoms with Crippen molar-refractivity contribution in [1.82, 2.24) is 4.98 Å². The Morgan fingerprint density at radius 3 is 2.33 bits per heavy atom. The Kier molecular flexibility index (Phi) is 3.49. The molecule has 1 N–H and O–H groups in total. The number of nitrogens with one attached hydrogen (secondary N) is 1. The molecule has 0 saturated heterocycles. The summed E-state index contributed by atoms with van der Waals surface area (Å²) in [4.78, 5) is 3.72. The van der Waals surface area contributed by atoms with Gasteiger partial charge in [0.2, 0.25) is 0 Å². The molecule has 0 spiro atoms. The van der Waals surface area contributed by atoms with E-state index in [0.29, 0.717) is 0 Å². The van der Waals surface area contributed by atoms with Crippen LogP contribution in [0.1, 0.15) is 0 Å². The quantitative estimate of drug-likeness (QED) is 0.883. The minimum atomic E-state index is -3.74. The summed E-state index contributed by atoms with van der Waals surface area (Å²) in [7, 11) is -3.74. The molecule has 0 amide bonds. The van der Waals surface area contributed by atoms with Crippen LogP contribution < -0.4 is 4.72 Å². The molecule has 1 heterocycles. The number of nitrogens with zero attached hydrogens (tertiary/aromatic N) is 1. The summed E-state index contributed by atoms with van der Waals surface area (Å²) < 4.78 is 38.8. The van der Waals surface area contributed by atoms with Crippen molar-refractivity contribution < 1.29 is 12.8 Å². The van der Waals surface area contributed by atoms with Gasteiger partial charge in [-0.1, -0.05) is 11.6 Å². The van der Waals surface area contributed by atoms with E-state index in [1.165, 1.54) is 30.5 Å². The SMILES string of the molecule is O=S(=O)(Nc1ccc(Cl)nc1)c1ccc(F)cc1. The topological polar surface area (TPSA) is 59.1 Å². The lowest BCUT2D eigenvalue weighted by Gasteiger charge is -2.07. The van der Waals surface area contributed by atoms with Crippen LogP contribution in [-0.2, 0) is 10.0 Å². The van der Waals surface area contributed by atoms with Crippen molar-refractivity contribution in [3.63, 3.8) is 0 Å². The minimum Gasteiger partial charge on any atom is -0.278 e. The molecule has 0 bridgehead atoms. The highest BCUT2D eigenvalue weighted by Crippen LogP contribution is 2.16. The van der Waals surface area contributed by atoms with Crippen molar-refractivity contribution in [2.75, 3.05) is 4.72 Å². The number of rotatable bonds is 3. The molecule has 0 saturated carbocycles. The average molecular weight is 287 g/mol. The first-order valence-electron chi connectivity index (χ1n) is 4.87. The lowest BCUT2D eigenvalue weighted by atomic mass is 10.4. The number of pyridine rings is 1. The van der Waals surface area contributed by atoms with Crippen molar-refractivity contribution in [3.8, 4) is 0 Å². The van der Waals surface area contributed by atoms with Crippen molar-refractivity contribution in [2.24, 2.45) is 0 Å². The third kappa shape index (κ3) is 2.96. The fraction of sp³-hybridized carbons (Fsp3) is 0. The lowest BCUT2D eigenvalue weighted by molar-refractivity contribution is 0.599. The molecule has 18 heavy (non-hydrogen) atoms. The summed E-state index contributed by atoms with van der Waals surface area (Å²) >= 11 is 5.59. The van der Waals surface area contributed by atoms with Gasteiger partial charge in [-0.25, -0.2) is 17.8 Å². The van der Waals surface area contributed by atoms with E-state index in [1.54, 1.807) is 0 Å². The van der Waals surface area contributed by atoms with Gasteiger partial charge in [0.1, 0.15) is 11.0 Å². The summed E-state index contributed by atoms with van der Waals surface area (Å²) in [6.07, 6.45) is 1.30. The Balaban J connectivity index is 2.27. The van der Waals surface area contributed by atoms with Crippen molar-refractivity contribution in [1.29, 1.82) is 0 Å². The fourth-order valence-electron chi connectivity index (χ4n) is 1.26. The van der Waals surface area contributed by atoms with Gasteiger partial charge in [0, 0.05) is 0 Å². The zero-order valence-corrected chi connectivity index (χ0v) is 10.5. The van der Waals surface area contributed by atoms with Crippen molar-refractivity contribution in [2.45, 2.75) is 4.90 Å². The van der Waals surface area contributed by atoms with Crippen LogP contribution in [0.2, 0.25) is 5.15 Å². The highest BCUT2D eigenvalue weighted by molar-refractivity contribution is 7.92. The van der Waals surface area contributed by atoms with Gasteiger partial charge >= 0.3 is 0 Å². The van der Waals surface area contributed by atoms with Crippen LogP contribution in [-0.4, -0.2) is 13.4 Å². The Labute approximate surface area is 108 Å². The Bertz CT molecular complexity index is 642. The Morgan fingerprint density at radius 2 is 1.78 bits per heavy atom. The second kappa shape index (κ2) is 4.91. The summed E-state index contributed by atoms with van der Waals surface area (Å²) in [5, 5.41) is 0.264. The monoisotopic (exact) mass is 286 g/mol. The molecule has 2 rings (SSSR count). The summed E-state index contributed by atoms with van der Waals surface area (Å²) in [5.41, 5.74) is 0.281. The van der Waals surface area contributed by atoms with Gasteiger partial charge < -0.3 is 0 Å². The molecule has 94 valence electrons. The van der Waals surface area contributed by atoms with Crippen LogP contribution in [0, 0.1) is 5.82 Å². The predicted octanol–water partition coefficient (Wildman–Crippen LogP) is 2.67. The third-order valence-electron chi connectivity index (χ3n) is 2.10. The molecule has 0 atom stereocenters. The number of benzene rings is 1. The molecule has 4 nitrogen and oxygen atoms in total. The van der Waals surface area contributed by atoms with E-state index < -0.39 is 15.8 Å². The maximum atomic E-state index is 12.7. The summed E-state index contributed by atoms with van der Waals surface area (Å²) in [5.74, 6) is -0.498. The van der Waals surface area contributed by atoms with E-state index in [0.717, 1.165) is 12.1 Å². The first-order chi connectivity index (χ1) is 8.47. The van der Waals surface area contributed by atoms with Crippen LogP contribution in [0.25, 0.3) is 0 Å². The Hall–Kier alpha value is -1.66. The normalized spacial score (nSPS) is 11.2. The molecular formula is C11H8ClFN2O2S. The molecule has 1 aromatic heterocycles. The van der Waals surface area contributed by atoms with Crippen molar-refractivity contribution in [3.05, 3.63) is 53.6 Å². The molecule has 1 aromatic carbocycles. The zero-order valence-electron chi connectivity index (χ0n) is 8.97. The van der Waals surface area contributed by atoms with E-state index in [4.69, 9.17) is 11.6 Å². The van der Waals surface area contributed by atoms with Gasteiger partial charge in [-0.3, -0.25) is 4.72 Å². The summed E-state index contributed by atoms with van der Waals surface area (Å²) in [6, 6.07) is 7.46. The van der Waals surface area contributed by atoms with E-state index in [9.17, 15) is 12.8 Å². The molecule has 0 aliphatic heterocycles.